The molecule has 0 radical (unpaired) electrons. The summed E-state index contributed by atoms with van der Waals surface area (Å²) in [6.07, 6.45) is -2.41. The maximum absolute atomic E-state index is 12.6. The molecule has 0 saturated carbocycles. The van der Waals surface area contributed by atoms with E-state index in [1.54, 1.807) is 0 Å². The summed E-state index contributed by atoms with van der Waals surface area (Å²) < 4.78 is 37.7. The Bertz CT molecular complexity index is 411. The minimum Gasteiger partial charge on any atom is -0.313 e. The van der Waals surface area contributed by atoms with Crippen LogP contribution in [0.25, 0.3) is 0 Å². The van der Waals surface area contributed by atoms with Crippen LogP contribution >= 0.6 is 0 Å². The second-order valence-electron chi connectivity index (χ2n) is 5.62. The summed E-state index contributed by atoms with van der Waals surface area (Å²) in [5.74, 6) is -1.18. The lowest BCUT2D eigenvalue weighted by molar-refractivity contribution is -0.179. The van der Waals surface area contributed by atoms with Gasteiger partial charge in [0, 0.05) is 12.6 Å². The molecule has 0 spiro atoms. The maximum atomic E-state index is 12.6. The molecule has 1 fully saturated rings. The van der Waals surface area contributed by atoms with Gasteiger partial charge in [-0.1, -0.05) is 29.3 Å². The Morgan fingerprint density at radius 3 is 2.21 bits per heavy atom. The Hall–Kier alpha value is -1.03. The molecule has 2 unspecified atom stereocenters. The number of rotatable bonds is 2. The predicted molar refractivity (Wildman–Crippen MR) is 70.2 cm³/mol. The predicted octanol–water partition coefficient (Wildman–Crippen LogP) is 3.78. The molecule has 0 bridgehead atoms. The number of piperidine rings is 1. The average molecular weight is 271 g/mol. The molecule has 1 aromatic carbocycles. The standard InChI is InChI=1S/C15H20F3N/c1-10-5-11(2)7-12(6-10)8-14-4-3-13(9-19-14)15(16,17)18/h5-7,13-14,19H,3-4,8-9H2,1-2H3. The first-order valence-corrected chi connectivity index (χ1v) is 6.72. The second-order valence-corrected chi connectivity index (χ2v) is 5.62. The van der Waals surface area contributed by atoms with Gasteiger partial charge in [-0.05, 0) is 38.7 Å². The van der Waals surface area contributed by atoms with Gasteiger partial charge in [-0.2, -0.15) is 13.2 Å². The van der Waals surface area contributed by atoms with E-state index < -0.39 is 12.1 Å². The first kappa shape index (κ1) is 14.4. The molecule has 4 heteroatoms. The first-order valence-electron chi connectivity index (χ1n) is 6.72. The van der Waals surface area contributed by atoms with Gasteiger partial charge in [-0.15, -0.1) is 0 Å². The van der Waals surface area contributed by atoms with E-state index in [4.69, 9.17) is 0 Å². The van der Waals surface area contributed by atoms with Gasteiger partial charge < -0.3 is 5.32 Å². The zero-order chi connectivity index (χ0) is 14.0. The van der Waals surface area contributed by atoms with E-state index in [0.29, 0.717) is 6.42 Å². The molecule has 1 nitrogen and oxygen atoms in total. The highest BCUT2D eigenvalue weighted by atomic mass is 19.4. The number of hydrogen-bond acceptors (Lipinski definition) is 1. The smallest absolute Gasteiger partial charge is 0.313 e. The van der Waals surface area contributed by atoms with Crippen LogP contribution in [-0.2, 0) is 6.42 Å². The molecule has 1 saturated heterocycles. The summed E-state index contributed by atoms with van der Waals surface area (Å²) in [4.78, 5) is 0. The van der Waals surface area contributed by atoms with Gasteiger partial charge in [0.1, 0.15) is 0 Å². The minimum atomic E-state index is -4.06. The van der Waals surface area contributed by atoms with Crippen LogP contribution in [0, 0.1) is 19.8 Å². The van der Waals surface area contributed by atoms with Gasteiger partial charge in [0.25, 0.3) is 0 Å². The monoisotopic (exact) mass is 271 g/mol. The third-order valence-corrected chi connectivity index (χ3v) is 3.74. The van der Waals surface area contributed by atoms with E-state index in [2.05, 4.69) is 23.5 Å². The fourth-order valence-electron chi connectivity index (χ4n) is 2.84. The number of alkyl halides is 3. The zero-order valence-corrected chi connectivity index (χ0v) is 11.3. The highest BCUT2D eigenvalue weighted by Crippen LogP contribution is 2.32. The molecular formula is C15H20F3N. The van der Waals surface area contributed by atoms with Gasteiger partial charge in [0.2, 0.25) is 0 Å². The molecule has 2 atom stereocenters. The topological polar surface area (TPSA) is 12.0 Å². The van der Waals surface area contributed by atoms with Crippen molar-refractivity contribution in [2.45, 2.75) is 45.3 Å². The molecule has 19 heavy (non-hydrogen) atoms. The lowest BCUT2D eigenvalue weighted by Crippen LogP contribution is -2.45. The third kappa shape index (κ3) is 3.96. The maximum Gasteiger partial charge on any atom is 0.393 e. The molecule has 2 rings (SSSR count). The fourth-order valence-corrected chi connectivity index (χ4v) is 2.84. The van der Waals surface area contributed by atoms with Gasteiger partial charge >= 0.3 is 6.18 Å². The number of nitrogens with one attached hydrogen (secondary N) is 1. The van der Waals surface area contributed by atoms with E-state index in [1.165, 1.54) is 16.7 Å². The van der Waals surface area contributed by atoms with Crippen LogP contribution < -0.4 is 5.32 Å². The van der Waals surface area contributed by atoms with Crippen molar-refractivity contribution in [2.75, 3.05) is 6.54 Å². The van der Waals surface area contributed by atoms with Crippen LogP contribution in [0.2, 0.25) is 0 Å². The van der Waals surface area contributed by atoms with Crippen molar-refractivity contribution in [3.63, 3.8) is 0 Å². The van der Waals surface area contributed by atoms with E-state index >= 15 is 0 Å². The Balaban J connectivity index is 1.92. The molecule has 1 N–H and O–H groups in total. The minimum absolute atomic E-state index is 0.0545. The summed E-state index contributed by atoms with van der Waals surface area (Å²) in [7, 11) is 0. The largest absolute Gasteiger partial charge is 0.393 e. The van der Waals surface area contributed by atoms with E-state index in [-0.39, 0.29) is 19.0 Å². The van der Waals surface area contributed by atoms with Crippen LogP contribution in [0.5, 0.6) is 0 Å². The normalized spacial score (nSPS) is 24.5. The van der Waals surface area contributed by atoms with Gasteiger partial charge in [0.15, 0.2) is 0 Å². The van der Waals surface area contributed by atoms with Crippen molar-refractivity contribution in [3.8, 4) is 0 Å². The SMILES string of the molecule is Cc1cc(C)cc(CC2CCC(C(F)(F)F)CN2)c1. The summed E-state index contributed by atoms with van der Waals surface area (Å²) in [5.41, 5.74) is 3.62. The Kier molecular flexibility index (Phi) is 4.19. The van der Waals surface area contributed by atoms with E-state index in [0.717, 1.165) is 6.42 Å². The van der Waals surface area contributed by atoms with Gasteiger partial charge in [-0.3, -0.25) is 0 Å². The second kappa shape index (κ2) is 5.53. The number of benzene rings is 1. The van der Waals surface area contributed by atoms with Crippen LogP contribution in [0.1, 0.15) is 29.5 Å². The van der Waals surface area contributed by atoms with Crippen molar-refractivity contribution in [1.82, 2.24) is 5.32 Å². The summed E-state index contributed by atoms with van der Waals surface area (Å²) in [6, 6.07) is 6.51. The van der Waals surface area contributed by atoms with Crippen molar-refractivity contribution >= 4 is 0 Å². The highest BCUT2D eigenvalue weighted by molar-refractivity contribution is 5.29. The molecule has 1 aliphatic rings. The number of hydrogen-bond donors (Lipinski definition) is 1. The summed E-state index contributed by atoms with van der Waals surface area (Å²) in [6.45, 7) is 4.15. The van der Waals surface area contributed by atoms with Crippen LogP contribution in [0.15, 0.2) is 18.2 Å². The Morgan fingerprint density at radius 2 is 1.74 bits per heavy atom. The van der Waals surface area contributed by atoms with Crippen LogP contribution in [0.4, 0.5) is 13.2 Å². The molecule has 1 aliphatic heterocycles. The third-order valence-electron chi connectivity index (χ3n) is 3.74. The highest BCUT2D eigenvalue weighted by Gasteiger charge is 2.41. The summed E-state index contributed by atoms with van der Waals surface area (Å²) >= 11 is 0. The van der Waals surface area contributed by atoms with Crippen molar-refractivity contribution < 1.29 is 13.2 Å². The quantitative estimate of drug-likeness (QED) is 0.863. The zero-order valence-electron chi connectivity index (χ0n) is 11.3. The fraction of sp³-hybridized carbons (Fsp3) is 0.600. The van der Waals surface area contributed by atoms with Crippen LogP contribution in [0.3, 0.4) is 0 Å². The molecule has 106 valence electrons. The molecule has 0 amide bonds. The molecule has 0 aromatic heterocycles. The number of halogens is 3. The van der Waals surface area contributed by atoms with Crippen molar-refractivity contribution in [3.05, 3.63) is 34.9 Å². The van der Waals surface area contributed by atoms with Crippen molar-refractivity contribution in [2.24, 2.45) is 5.92 Å². The molecular weight excluding hydrogens is 251 g/mol. The Morgan fingerprint density at radius 1 is 1.11 bits per heavy atom. The van der Waals surface area contributed by atoms with Crippen molar-refractivity contribution in [1.29, 1.82) is 0 Å². The van der Waals surface area contributed by atoms with E-state index in [1.807, 2.05) is 13.8 Å². The number of aryl methyl sites for hydroxylation is 2. The Labute approximate surface area is 112 Å². The average Bonchev–Trinajstić information content (AvgIpc) is 2.26. The lowest BCUT2D eigenvalue weighted by Gasteiger charge is -2.31. The first-order chi connectivity index (χ1) is 8.84. The lowest BCUT2D eigenvalue weighted by atomic mass is 9.90. The molecule has 0 aliphatic carbocycles. The van der Waals surface area contributed by atoms with Gasteiger partial charge in [0.05, 0.1) is 5.92 Å². The van der Waals surface area contributed by atoms with E-state index in [9.17, 15) is 13.2 Å². The summed E-state index contributed by atoms with van der Waals surface area (Å²) in [5, 5.41) is 3.04. The molecule has 1 heterocycles. The molecule has 1 aromatic rings. The van der Waals surface area contributed by atoms with Crippen LogP contribution in [-0.4, -0.2) is 18.8 Å². The van der Waals surface area contributed by atoms with Gasteiger partial charge in [-0.25, -0.2) is 0 Å².